The van der Waals surface area contributed by atoms with Crippen LogP contribution < -0.4 is 0 Å². The highest BCUT2D eigenvalue weighted by molar-refractivity contribution is 7.91. The molecule has 1 fully saturated rings. The summed E-state index contributed by atoms with van der Waals surface area (Å²) in [5, 5.41) is 8.91. The molecule has 2 heterocycles. The lowest BCUT2D eigenvalue weighted by Crippen LogP contribution is -2.38. The molecule has 1 aliphatic rings. The van der Waals surface area contributed by atoms with Gasteiger partial charge in [0, 0.05) is 31.6 Å². The van der Waals surface area contributed by atoms with E-state index in [0.717, 1.165) is 24.2 Å². The maximum Gasteiger partial charge on any atom is 0.323 e. The summed E-state index contributed by atoms with van der Waals surface area (Å²) >= 11 is 1.06. The van der Waals surface area contributed by atoms with Crippen LogP contribution in [0, 0.1) is 0 Å². The number of ether oxygens (including phenoxy) is 1. The lowest BCUT2D eigenvalue weighted by Gasteiger charge is -2.19. The molecule has 0 radical (unpaired) electrons. The van der Waals surface area contributed by atoms with E-state index in [0.29, 0.717) is 18.0 Å². The number of amides is 1. The quantitative estimate of drug-likeness (QED) is 0.663. The normalized spacial score (nSPS) is 15.4. The van der Waals surface area contributed by atoms with Crippen LogP contribution in [0.15, 0.2) is 16.3 Å². The number of aliphatic carboxylic acids is 1. The highest BCUT2D eigenvalue weighted by Crippen LogP contribution is 2.27. The van der Waals surface area contributed by atoms with Gasteiger partial charge in [-0.05, 0) is 25.0 Å². The van der Waals surface area contributed by atoms with Crippen LogP contribution >= 0.6 is 11.3 Å². The molecule has 0 bridgehead atoms. The van der Waals surface area contributed by atoms with Crippen molar-refractivity contribution >= 4 is 33.2 Å². The highest BCUT2D eigenvalue weighted by Gasteiger charge is 2.29. The highest BCUT2D eigenvalue weighted by atomic mass is 32.2. The first-order chi connectivity index (χ1) is 11.8. The largest absolute Gasteiger partial charge is 0.480 e. The Kier molecular flexibility index (Phi) is 6.94. The Morgan fingerprint density at radius 1 is 1.32 bits per heavy atom. The Hall–Kier alpha value is -1.49. The topological polar surface area (TPSA) is 104 Å². The second-order valence-corrected chi connectivity index (χ2v) is 9.04. The Balaban J connectivity index is 2.05. The van der Waals surface area contributed by atoms with Gasteiger partial charge in [-0.15, -0.1) is 11.3 Å². The number of thiophene rings is 1. The summed E-state index contributed by atoms with van der Waals surface area (Å²) in [6.45, 7) is 1.05. The molecule has 2 rings (SSSR count). The number of nitrogens with zero attached hydrogens (tertiary/aromatic N) is 2. The standard InChI is InChI=1S/C15H22N2O6S2/c1-23-9-8-16(11-14(19)20)13(18)10-12-4-5-15(24-12)25(21,22)17-6-2-3-7-17/h4-5H,2-3,6-11H2,1H3,(H,19,20). The third-order valence-electron chi connectivity index (χ3n) is 3.87. The van der Waals surface area contributed by atoms with Gasteiger partial charge < -0.3 is 14.7 Å². The summed E-state index contributed by atoms with van der Waals surface area (Å²) in [6.07, 6.45) is 1.69. The first-order valence-corrected chi connectivity index (χ1v) is 10.2. The van der Waals surface area contributed by atoms with Crippen molar-refractivity contribution in [1.82, 2.24) is 9.21 Å². The van der Waals surface area contributed by atoms with E-state index in [9.17, 15) is 18.0 Å². The molecule has 1 saturated heterocycles. The van der Waals surface area contributed by atoms with Crippen LogP contribution in [0.4, 0.5) is 0 Å². The minimum absolute atomic E-state index is 0.0306. The molecule has 25 heavy (non-hydrogen) atoms. The molecule has 1 aromatic heterocycles. The molecule has 0 atom stereocenters. The number of sulfonamides is 1. The van der Waals surface area contributed by atoms with E-state index in [4.69, 9.17) is 9.84 Å². The number of carboxylic acid groups (broad SMARTS) is 1. The molecule has 1 aliphatic heterocycles. The second-order valence-electron chi connectivity index (χ2n) is 5.71. The summed E-state index contributed by atoms with van der Waals surface area (Å²) in [5.41, 5.74) is 0. The smallest absolute Gasteiger partial charge is 0.323 e. The molecule has 140 valence electrons. The molecule has 0 spiro atoms. The van der Waals surface area contributed by atoms with E-state index >= 15 is 0 Å². The predicted molar refractivity (Wildman–Crippen MR) is 92.1 cm³/mol. The van der Waals surface area contributed by atoms with Crippen molar-refractivity contribution in [2.75, 3.05) is 39.9 Å². The Labute approximate surface area is 151 Å². The summed E-state index contributed by atoms with van der Waals surface area (Å²) in [5.74, 6) is -1.47. The van der Waals surface area contributed by atoms with Crippen molar-refractivity contribution in [3.05, 3.63) is 17.0 Å². The van der Waals surface area contributed by atoms with Crippen LogP contribution in [0.25, 0.3) is 0 Å². The van der Waals surface area contributed by atoms with E-state index in [2.05, 4.69) is 0 Å². The first kappa shape index (κ1) is 19.8. The van der Waals surface area contributed by atoms with Crippen molar-refractivity contribution in [3.8, 4) is 0 Å². The molecule has 0 saturated carbocycles. The molecule has 0 aromatic carbocycles. The van der Waals surface area contributed by atoms with Crippen molar-refractivity contribution in [2.24, 2.45) is 0 Å². The fraction of sp³-hybridized carbons (Fsp3) is 0.600. The van der Waals surface area contributed by atoms with E-state index in [1.807, 2.05) is 0 Å². The third kappa shape index (κ3) is 5.24. The van der Waals surface area contributed by atoms with Gasteiger partial charge in [0.15, 0.2) is 0 Å². The van der Waals surface area contributed by atoms with Gasteiger partial charge in [-0.1, -0.05) is 0 Å². The monoisotopic (exact) mass is 390 g/mol. The molecule has 8 nitrogen and oxygen atoms in total. The van der Waals surface area contributed by atoms with Crippen molar-refractivity contribution < 1.29 is 27.9 Å². The van der Waals surface area contributed by atoms with Crippen LogP contribution in [-0.2, 0) is 30.8 Å². The number of methoxy groups -OCH3 is 1. The molecule has 0 unspecified atom stereocenters. The lowest BCUT2D eigenvalue weighted by molar-refractivity contribution is -0.144. The SMILES string of the molecule is COCCN(CC(=O)O)C(=O)Cc1ccc(S(=O)(=O)N2CCCC2)s1. The number of hydrogen-bond donors (Lipinski definition) is 1. The summed E-state index contributed by atoms with van der Waals surface area (Å²) in [6, 6.07) is 3.12. The molecular formula is C15H22N2O6S2. The van der Waals surface area contributed by atoms with Crippen LogP contribution in [0.5, 0.6) is 0 Å². The zero-order valence-corrected chi connectivity index (χ0v) is 15.6. The van der Waals surface area contributed by atoms with Crippen molar-refractivity contribution in [3.63, 3.8) is 0 Å². The van der Waals surface area contributed by atoms with E-state index in [1.165, 1.54) is 22.4 Å². The molecule has 0 aliphatic carbocycles. The average molecular weight is 390 g/mol. The minimum Gasteiger partial charge on any atom is -0.480 e. The number of rotatable bonds is 9. The second kappa shape index (κ2) is 8.75. The maximum atomic E-state index is 12.5. The Morgan fingerprint density at radius 3 is 2.60 bits per heavy atom. The Morgan fingerprint density at radius 2 is 2.00 bits per heavy atom. The zero-order valence-electron chi connectivity index (χ0n) is 14.0. The van der Waals surface area contributed by atoms with Crippen LogP contribution in [0.2, 0.25) is 0 Å². The van der Waals surface area contributed by atoms with Crippen LogP contribution in [0.1, 0.15) is 17.7 Å². The zero-order chi connectivity index (χ0) is 18.4. The third-order valence-corrected chi connectivity index (χ3v) is 7.32. The fourth-order valence-electron chi connectivity index (χ4n) is 2.57. The maximum absolute atomic E-state index is 12.5. The minimum atomic E-state index is -3.49. The van der Waals surface area contributed by atoms with Gasteiger partial charge in [0.1, 0.15) is 10.8 Å². The van der Waals surface area contributed by atoms with Gasteiger partial charge in [0.25, 0.3) is 10.0 Å². The molecule has 1 amide bonds. The van der Waals surface area contributed by atoms with E-state index in [1.54, 1.807) is 6.07 Å². The molecular weight excluding hydrogens is 368 g/mol. The predicted octanol–water partition coefficient (Wildman–Crippen LogP) is 0.635. The lowest BCUT2D eigenvalue weighted by atomic mass is 10.3. The number of carboxylic acids is 1. The van der Waals surface area contributed by atoms with Gasteiger partial charge in [-0.2, -0.15) is 4.31 Å². The summed E-state index contributed by atoms with van der Waals surface area (Å²) in [4.78, 5) is 25.0. The first-order valence-electron chi connectivity index (χ1n) is 7.92. The van der Waals surface area contributed by atoms with Gasteiger partial charge in [0.05, 0.1) is 13.0 Å². The fourth-order valence-corrected chi connectivity index (χ4v) is 5.58. The van der Waals surface area contributed by atoms with Crippen molar-refractivity contribution in [2.45, 2.75) is 23.5 Å². The molecule has 10 heteroatoms. The van der Waals surface area contributed by atoms with Crippen LogP contribution in [-0.4, -0.2) is 74.5 Å². The average Bonchev–Trinajstić information content (AvgIpc) is 3.22. The number of carbonyl (C=O) groups excluding carboxylic acids is 1. The van der Waals surface area contributed by atoms with Crippen molar-refractivity contribution in [1.29, 1.82) is 0 Å². The van der Waals surface area contributed by atoms with E-state index in [-0.39, 0.29) is 29.7 Å². The molecule has 1 N–H and O–H groups in total. The van der Waals surface area contributed by atoms with Gasteiger partial charge in [0.2, 0.25) is 5.91 Å². The Bertz CT molecular complexity index is 709. The summed E-state index contributed by atoms with van der Waals surface area (Å²) in [7, 11) is -2.02. The van der Waals surface area contributed by atoms with Gasteiger partial charge in [-0.25, -0.2) is 8.42 Å². The number of carbonyl (C=O) groups is 2. The number of hydrogen-bond acceptors (Lipinski definition) is 6. The van der Waals surface area contributed by atoms with Gasteiger partial charge >= 0.3 is 5.97 Å². The van der Waals surface area contributed by atoms with Gasteiger partial charge in [-0.3, -0.25) is 9.59 Å². The van der Waals surface area contributed by atoms with E-state index < -0.39 is 22.5 Å². The molecule has 1 aromatic rings. The van der Waals surface area contributed by atoms with Crippen LogP contribution in [0.3, 0.4) is 0 Å². The summed E-state index contributed by atoms with van der Waals surface area (Å²) < 4.78 is 31.6.